The molecule has 0 aliphatic carbocycles. The van der Waals surface area contributed by atoms with Crippen LogP contribution in [0.4, 0.5) is 5.69 Å². The summed E-state index contributed by atoms with van der Waals surface area (Å²) in [4.78, 5) is 26.8. The van der Waals surface area contributed by atoms with E-state index in [1.165, 1.54) is 7.11 Å². The highest BCUT2D eigenvalue weighted by molar-refractivity contribution is 6.29. The predicted octanol–water partition coefficient (Wildman–Crippen LogP) is 3.12. The molecule has 1 heterocycles. The number of rotatable bonds is 7. The first-order valence-corrected chi connectivity index (χ1v) is 9.89. The fraction of sp³-hybridized carbons (Fsp3) is 0.292. The van der Waals surface area contributed by atoms with Crippen molar-refractivity contribution in [3.05, 3.63) is 71.0 Å². The van der Waals surface area contributed by atoms with Gasteiger partial charge in [0, 0.05) is 11.3 Å². The van der Waals surface area contributed by atoms with Gasteiger partial charge in [0.05, 0.1) is 31.8 Å². The maximum absolute atomic E-state index is 13.2. The van der Waals surface area contributed by atoms with Crippen molar-refractivity contribution in [2.24, 2.45) is 11.1 Å². The molecular formula is C24H27N3O4. The molecule has 0 saturated carbocycles. The number of ether oxygens (including phenoxy) is 2. The predicted molar refractivity (Wildman–Crippen MR) is 120 cm³/mol. The summed E-state index contributed by atoms with van der Waals surface area (Å²) in [6.07, 6.45) is 0.531. The molecule has 1 aliphatic heterocycles. The van der Waals surface area contributed by atoms with Crippen molar-refractivity contribution in [1.29, 1.82) is 5.41 Å². The molecule has 0 radical (unpaired) electrons. The highest BCUT2D eigenvalue weighted by Gasteiger charge is 2.34. The quantitative estimate of drug-likeness (QED) is 0.406. The standard InChI is InChI=1S/C24H27N3O4/c1-24(2,23(29)31-4)13-15-5-11-18(12-6-15)27-14-19(30-3)20(22(27)28)16-7-9-17(10-8-16)21(25)26/h5-12H,13-14H2,1-4H3,(H3,25,26). The zero-order valence-electron chi connectivity index (χ0n) is 18.2. The van der Waals surface area contributed by atoms with Crippen molar-refractivity contribution >= 4 is 29.0 Å². The van der Waals surface area contributed by atoms with Gasteiger partial charge >= 0.3 is 5.97 Å². The maximum atomic E-state index is 13.2. The van der Waals surface area contributed by atoms with Crippen molar-refractivity contribution in [3.63, 3.8) is 0 Å². The van der Waals surface area contributed by atoms with Gasteiger partial charge in [-0.3, -0.25) is 15.0 Å². The number of hydrogen-bond donors (Lipinski definition) is 2. The van der Waals surface area contributed by atoms with Crippen LogP contribution < -0.4 is 10.6 Å². The molecule has 0 unspecified atom stereocenters. The molecule has 0 bridgehead atoms. The summed E-state index contributed by atoms with van der Waals surface area (Å²) in [6, 6.07) is 14.5. The summed E-state index contributed by atoms with van der Waals surface area (Å²) in [7, 11) is 2.94. The van der Waals surface area contributed by atoms with Crippen molar-refractivity contribution < 1.29 is 19.1 Å². The Morgan fingerprint density at radius 3 is 2.23 bits per heavy atom. The lowest BCUT2D eigenvalue weighted by molar-refractivity contribution is -0.150. The van der Waals surface area contributed by atoms with Crippen molar-refractivity contribution in [2.45, 2.75) is 20.3 Å². The molecule has 0 atom stereocenters. The summed E-state index contributed by atoms with van der Waals surface area (Å²) >= 11 is 0. The Hall–Kier alpha value is -3.61. The molecule has 7 heteroatoms. The van der Waals surface area contributed by atoms with Crippen LogP contribution in [0.15, 0.2) is 54.3 Å². The Kier molecular flexibility index (Phi) is 6.15. The van der Waals surface area contributed by atoms with E-state index in [-0.39, 0.29) is 17.7 Å². The molecule has 31 heavy (non-hydrogen) atoms. The Morgan fingerprint density at radius 2 is 1.71 bits per heavy atom. The van der Waals surface area contributed by atoms with Crippen LogP contribution in [0.2, 0.25) is 0 Å². The minimum Gasteiger partial charge on any atom is -0.498 e. The fourth-order valence-corrected chi connectivity index (χ4v) is 3.68. The highest BCUT2D eigenvalue weighted by Crippen LogP contribution is 2.33. The molecule has 1 aliphatic rings. The van der Waals surface area contributed by atoms with Crippen LogP contribution in [0.1, 0.15) is 30.5 Å². The highest BCUT2D eigenvalue weighted by atomic mass is 16.5. The van der Waals surface area contributed by atoms with E-state index in [1.807, 2.05) is 38.1 Å². The molecule has 3 N–H and O–H groups in total. The molecule has 2 aromatic rings. The third-order valence-electron chi connectivity index (χ3n) is 5.40. The molecule has 7 nitrogen and oxygen atoms in total. The molecule has 0 aromatic heterocycles. The summed E-state index contributed by atoms with van der Waals surface area (Å²) in [5.74, 6) is 0.134. The lowest BCUT2D eigenvalue weighted by Gasteiger charge is -2.22. The van der Waals surface area contributed by atoms with Crippen LogP contribution in [0, 0.1) is 10.8 Å². The first kappa shape index (κ1) is 22.1. The second-order valence-corrected chi connectivity index (χ2v) is 8.10. The average Bonchev–Trinajstić information content (AvgIpc) is 3.09. The van der Waals surface area contributed by atoms with E-state index < -0.39 is 5.41 Å². The molecule has 0 saturated heterocycles. The van der Waals surface area contributed by atoms with Gasteiger partial charge < -0.3 is 20.1 Å². The van der Waals surface area contributed by atoms with Gasteiger partial charge in [0.2, 0.25) is 0 Å². The number of nitrogens with zero attached hydrogens (tertiary/aromatic N) is 1. The van der Waals surface area contributed by atoms with E-state index in [4.69, 9.17) is 20.6 Å². The molecule has 1 amide bonds. The van der Waals surface area contributed by atoms with Gasteiger partial charge in [-0.15, -0.1) is 0 Å². The van der Waals surface area contributed by atoms with Crippen LogP contribution in [-0.2, 0) is 25.5 Å². The van der Waals surface area contributed by atoms with Gasteiger partial charge in [-0.2, -0.15) is 0 Å². The minimum absolute atomic E-state index is 0.0256. The number of nitrogen functional groups attached to an aromatic ring is 1. The van der Waals surface area contributed by atoms with Gasteiger partial charge in [0.1, 0.15) is 11.6 Å². The number of nitrogens with two attached hydrogens (primary N) is 1. The summed E-state index contributed by atoms with van der Waals surface area (Å²) in [6.45, 7) is 4.01. The number of benzene rings is 2. The van der Waals surface area contributed by atoms with Gasteiger partial charge in [-0.25, -0.2) is 0 Å². The summed E-state index contributed by atoms with van der Waals surface area (Å²) < 4.78 is 10.4. The van der Waals surface area contributed by atoms with Crippen molar-refractivity contribution in [1.82, 2.24) is 0 Å². The van der Waals surface area contributed by atoms with Gasteiger partial charge in [-0.05, 0) is 43.5 Å². The zero-order chi connectivity index (χ0) is 22.8. The number of methoxy groups -OCH3 is 2. The first-order chi connectivity index (χ1) is 14.7. The van der Waals surface area contributed by atoms with Crippen LogP contribution in [0.25, 0.3) is 5.57 Å². The number of carbonyl (C=O) groups excluding carboxylic acids is 2. The second-order valence-electron chi connectivity index (χ2n) is 8.10. The largest absolute Gasteiger partial charge is 0.498 e. The smallest absolute Gasteiger partial charge is 0.311 e. The van der Waals surface area contributed by atoms with E-state index in [1.54, 1.807) is 36.3 Å². The number of amides is 1. The van der Waals surface area contributed by atoms with Gasteiger partial charge in [0.15, 0.2) is 0 Å². The first-order valence-electron chi connectivity index (χ1n) is 9.89. The van der Waals surface area contributed by atoms with E-state index in [2.05, 4.69) is 0 Å². The number of amidine groups is 1. The van der Waals surface area contributed by atoms with E-state index >= 15 is 0 Å². The van der Waals surface area contributed by atoms with Crippen LogP contribution in [0.3, 0.4) is 0 Å². The van der Waals surface area contributed by atoms with Crippen LogP contribution >= 0.6 is 0 Å². The molecule has 162 valence electrons. The molecular weight excluding hydrogens is 394 g/mol. The fourth-order valence-electron chi connectivity index (χ4n) is 3.68. The SMILES string of the molecule is COC(=O)C(C)(C)Cc1ccc(N2CC(OC)=C(c3ccc(C(=N)N)cc3)C2=O)cc1. The minimum atomic E-state index is -0.635. The maximum Gasteiger partial charge on any atom is 0.311 e. The number of hydrogen-bond acceptors (Lipinski definition) is 5. The summed E-state index contributed by atoms with van der Waals surface area (Å²) in [5.41, 5.74) is 8.41. The van der Waals surface area contributed by atoms with Crippen molar-refractivity contribution in [2.75, 3.05) is 25.7 Å². The third-order valence-corrected chi connectivity index (χ3v) is 5.40. The third kappa shape index (κ3) is 4.45. The van der Waals surface area contributed by atoms with E-state index in [0.29, 0.717) is 35.4 Å². The van der Waals surface area contributed by atoms with Gasteiger partial charge in [-0.1, -0.05) is 36.4 Å². The number of esters is 1. The van der Waals surface area contributed by atoms with Crippen LogP contribution in [-0.4, -0.2) is 38.5 Å². The Labute approximate surface area is 182 Å². The number of carbonyl (C=O) groups is 2. The molecule has 3 rings (SSSR count). The lowest BCUT2D eigenvalue weighted by Crippen LogP contribution is -2.28. The topological polar surface area (TPSA) is 106 Å². The Balaban J connectivity index is 1.81. The number of nitrogens with one attached hydrogen (secondary N) is 1. The Bertz CT molecular complexity index is 1040. The Morgan fingerprint density at radius 1 is 1.10 bits per heavy atom. The monoisotopic (exact) mass is 421 g/mol. The van der Waals surface area contributed by atoms with Crippen molar-refractivity contribution in [3.8, 4) is 0 Å². The average molecular weight is 421 g/mol. The molecule has 2 aromatic carbocycles. The van der Waals surface area contributed by atoms with Gasteiger partial charge in [0.25, 0.3) is 5.91 Å². The second kappa shape index (κ2) is 8.63. The molecule has 0 spiro atoms. The van der Waals surface area contributed by atoms with Crippen LogP contribution in [0.5, 0.6) is 0 Å². The summed E-state index contributed by atoms with van der Waals surface area (Å²) in [5, 5.41) is 7.52. The molecule has 0 fully saturated rings. The zero-order valence-corrected chi connectivity index (χ0v) is 18.2. The van der Waals surface area contributed by atoms with E-state index in [9.17, 15) is 9.59 Å². The lowest BCUT2D eigenvalue weighted by atomic mass is 9.86. The normalized spacial score (nSPS) is 14.1. The van der Waals surface area contributed by atoms with E-state index in [0.717, 1.165) is 11.3 Å². The number of anilines is 1.